The lowest BCUT2D eigenvalue weighted by molar-refractivity contribution is 0.446. The van der Waals surface area contributed by atoms with E-state index in [2.05, 4.69) is 137 Å². The molecule has 1 N–H and O–H groups in total. The van der Waals surface area contributed by atoms with Crippen LogP contribution in [-0.4, -0.2) is 19.6 Å². The molecule has 0 aliphatic rings. The highest BCUT2D eigenvalue weighted by Gasteiger charge is 2.27. The van der Waals surface area contributed by atoms with Crippen molar-refractivity contribution in [1.29, 1.82) is 0 Å². The largest absolute Gasteiger partial charge is 0.507 e. The van der Waals surface area contributed by atoms with Crippen molar-refractivity contribution in [2.45, 2.75) is 52.4 Å². The van der Waals surface area contributed by atoms with Gasteiger partial charge in [-0.3, -0.25) is 0 Å². The molecule has 0 atom stereocenters. The fourth-order valence-electron chi connectivity index (χ4n) is 6.99. The third-order valence-electron chi connectivity index (χ3n) is 9.83. The Labute approximate surface area is 292 Å². The van der Waals surface area contributed by atoms with Crippen molar-refractivity contribution in [1.82, 2.24) is 14.5 Å². The lowest BCUT2D eigenvalue weighted by atomic mass is 9.79. The minimum atomic E-state index is -0.246. The summed E-state index contributed by atoms with van der Waals surface area (Å²) in [6.45, 7) is 13.1. The van der Waals surface area contributed by atoms with Crippen LogP contribution in [0, 0.1) is 0 Å². The van der Waals surface area contributed by atoms with Gasteiger partial charge < -0.3 is 14.1 Å². The summed E-state index contributed by atoms with van der Waals surface area (Å²) in [6, 6.07) is 39.9. The number of phenolic OH excluding ortho intramolecular Hbond substituents is 1. The highest BCUT2D eigenvalue weighted by molar-refractivity contribution is 6.04. The van der Waals surface area contributed by atoms with E-state index in [1.54, 1.807) is 0 Å². The zero-order valence-electron chi connectivity index (χ0n) is 29.7. The maximum Gasteiger partial charge on any atom is 0.227 e. The molecule has 0 fully saturated rings. The predicted molar refractivity (Wildman–Crippen MR) is 207 cm³/mol. The molecular formula is C45H41N3O2. The molecule has 5 nitrogen and oxygen atoms in total. The van der Waals surface area contributed by atoms with E-state index in [-0.39, 0.29) is 16.6 Å². The molecule has 5 heteroatoms. The van der Waals surface area contributed by atoms with E-state index in [1.807, 2.05) is 31.3 Å². The van der Waals surface area contributed by atoms with Gasteiger partial charge >= 0.3 is 0 Å². The van der Waals surface area contributed by atoms with Gasteiger partial charge in [-0.15, -0.1) is 0 Å². The topological polar surface area (TPSA) is 64.1 Å². The Kier molecular flexibility index (Phi) is 7.23. The number of rotatable bonds is 4. The van der Waals surface area contributed by atoms with Crippen LogP contribution in [0.2, 0.25) is 0 Å². The molecule has 3 aromatic heterocycles. The van der Waals surface area contributed by atoms with Crippen LogP contribution in [0.25, 0.3) is 78.0 Å². The van der Waals surface area contributed by atoms with Crippen molar-refractivity contribution in [2.24, 2.45) is 7.05 Å². The first-order valence-corrected chi connectivity index (χ1v) is 17.2. The second kappa shape index (κ2) is 11.4. The summed E-state index contributed by atoms with van der Waals surface area (Å²) in [5.74, 6) is 1.02. The molecule has 8 aromatic rings. The average molecular weight is 656 g/mol. The van der Waals surface area contributed by atoms with Crippen molar-refractivity contribution in [3.63, 3.8) is 0 Å². The third kappa shape index (κ3) is 5.34. The summed E-state index contributed by atoms with van der Waals surface area (Å²) < 4.78 is 8.29. The second-order valence-corrected chi connectivity index (χ2v) is 15.4. The smallest absolute Gasteiger partial charge is 0.227 e. The van der Waals surface area contributed by atoms with Crippen molar-refractivity contribution in [3.05, 3.63) is 126 Å². The highest BCUT2D eigenvalue weighted by atomic mass is 16.3. The van der Waals surface area contributed by atoms with Gasteiger partial charge in [0.15, 0.2) is 0 Å². The number of imidazole rings is 1. The van der Waals surface area contributed by atoms with Gasteiger partial charge in [0.25, 0.3) is 0 Å². The fourth-order valence-corrected chi connectivity index (χ4v) is 6.99. The van der Waals surface area contributed by atoms with Gasteiger partial charge in [0.2, 0.25) is 5.71 Å². The number of fused-ring (bicyclic) bond motifs is 4. The van der Waals surface area contributed by atoms with Crippen LogP contribution in [0.15, 0.2) is 120 Å². The Morgan fingerprint density at radius 3 is 2.08 bits per heavy atom. The van der Waals surface area contributed by atoms with E-state index >= 15 is 0 Å². The highest BCUT2D eigenvalue weighted by Crippen LogP contribution is 2.44. The molecule has 0 radical (unpaired) electrons. The quantitative estimate of drug-likeness (QED) is 0.205. The van der Waals surface area contributed by atoms with Crippen LogP contribution in [0.1, 0.15) is 52.7 Å². The number of aryl methyl sites for hydroxylation is 1. The van der Waals surface area contributed by atoms with E-state index in [0.717, 1.165) is 83.4 Å². The van der Waals surface area contributed by atoms with Gasteiger partial charge in [-0.2, -0.15) is 0 Å². The number of aromatic nitrogens is 3. The monoisotopic (exact) mass is 655 g/mol. The minimum Gasteiger partial charge on any atom is -0.507 e. The standard InChI is InChI=1S/C45H41N3O2/c1-44(2,3)31-25-35(41(49)36(26-31)45(4,5)6)42-47-40-32(17-13-18-38(40)48(42)7)29-22-28(27-14-9-8-10-15-27)23-30(24-29)37-21-20-34-33-16-11-12-19-39(33)50-43(34)46-37/h8-26,49H,1-7H3. The Morgan fingerprint density at radius 2 is 1.32 bits per heavy atom. The van der Waals surface area contributed by atoms with Gasteiger partial charge in [0.05, 0.1) is 22.3 Å². The van der Waals surface area contributed by atoms with E-state index in [9.17, 15) is 5.11 Å². The summed E-state index contributed by atoms with van der Waals surface area (Å²) in [6.07, 6.45) is 0. The van der Waals surface area contributed by atoms with Crippen molar-refractivity contribution in [3.8, 4) is 50.6 Å². The number of phenols is 1. The van der Waals surface area contributed by atoms with Gasteiger partial charge in [0, 0.05) is 34.5 Å². The number of pyridine rings is 1. The maximum absolute atomic E-state index is 11.8. The first-order chi connectivity index (χ1) is 23.9. The average Bonchev–Trinajstić information content (AvgIpc) is 3.64. The molecule has 5 aromatic carbocycles. The number of aromatic hydroxyl groups is 1. The lowest BCUT2D eigenvalue weighted by Gasteiger charge is -2.27. The molecule has 0 bridgehead atoms. The molecule has 0 saturated heterocycles. The molecule has 0 spiro atoms. The number of hydrogen-bond donors (Lipinski definition) is 1. The summed E-state index contributed by atoms with van der Waals surface area (Å²) >= 11 is 0. The van der Waals surface area contributed by atoms with Gasteiger partial charge in [-0.25, -0.2) is 9.97 Å². The van der Waals surface area contributed by atoms with Crippen LogP contribution in [-0.2, 0) is 17.9 Å². The zero-order chi connectivity index (χ0) is 34.9. The summed E-state index contributed by atoms with van der Waals surface area (Å²) in [5.41, 5.74) is 11.9. The van der Waals surface area contributed by atoms with Gasteiger partial charge in [-0.1, -0.05) is 108 Å². The van der Waals surface area contributed by atoms with Crippen LogP contribution < -0.4 is 0 Å². The Morgan fingerprint density at radius 1 is 0.600 bits per heavy atom. The molecule has 8 rings (SSSR count). The molecule has 0 amide bonds. The van der Waals surface area contributed by atoms with Crippen LogP contribution in [0.3, 0.4) is 0 Å². The van der Waals surface area contributed by atoms with Crippen molar-refractivity contribution < 1.29 is 9.52 Å². The molecule has 3 heterocycles. The maximum atomic E-state index is 11.8. The first kappa shape index (κ1) is 31.6. The van der Waals surface area contributed by atoms with Gasteiger partial charge in [0.1, 0.15) is 17.2 Å². The number of furan rings is 1. The number of hydrogen-bond acceptors (Lipinski definition) is 4. The normalized spacial score (nSPS) is 12.4. The zero-order valence-corrected chi connectivity index (χ0v) is 29.7. The molecule has 248 valence electrons. The SMILES string of the molecule is Cn1c(-c2cc(C(C)(C)C)cc(C(C)(C)C)c2O)nc2c(-c3cc(-c4ccccc4)cc(-c4ccc5c(n4)oc4ccccc45)c3)cccc21. The van der Waals surface area contributed by atoms with E-state index in [0.29, 0.717) is 5.71 Å². The predicted octanol–water partition coefficient (Wildman–Crippen LogP) is 11.8. The van der Waals surface area contributed by atoms with E-state index < -0.39 is 0 Å². The van der Waals surface area contributed by atoms with Crippen LogP contribution in [0.5, 0.6) is 5.75 Å². The van der Waals surface area contributed by atoms with Crippen LogP contribution >= 0.6 is 0 Å². The first-order valence-electron chi connectivity index (χ1n) is 17.2. The fraction of sp³-hybridized carbons (Fsp3) is 0.200. The summed E-state index contributed by atoms with van der Waals surface area (Å²) in [7, 11) is 2.03. The minimum absolute atomic E-state index is 0.105. The van der Waals surface area contributed by atoms with E-state index in [1.165, 1.54) is 0 Å². The summed E-state index contributed by atoms with van der Waals surface area (Å²) in [5, 5.41) is 13.8. The third-order valence-corrected chi connectivity index (χ3v) is 9.83. The lowest BCUT2D eigenvalue weighted by Crippen LogP contribution is -2.17. The molecule has 50 heavy (non-hydrogen) atoms. The van der Waals surface area contributed by atoms with Crippen molar-refractivity contribution >= 4 is 33.1 Å². The second-order valence-electron chi connectivity index (χ2n) is 15.4. The molecule has 0 aliphatic heterocycles. The number of nitrogens with zero attached hydrogens (tertiary/aromatic N) is 3. The molecule has 0 saturated carbocycles. The van der Waals surface area contributed by atoms with Crippen LogP contribution in [0.4, 0.5) is 0 Å². The molecule has 0 aliphatic carbocycles. The molecular weight excluding hydrogens is 615 g/mol. The summed E-state index contributed by atoms with van der Waals surface area (Å²) in [4.78, 5) is 10.3. The Bertz CT molecular complexity index is 2580. The molecule has 0 unspecified atom stereocenters. The van der Waals surface area contributed by atoms with Gasteiger partial charge in [-0.05, 0) is 81.6 Å². The number of para-hydroxylation sites is 2. The number of benzene rings is 5. The van der Waals surface area contributed by atoms with Crippen molar-refractivity contribution in [2.75, 3.05) is 0 Å². The van der Waals surface area contributed by atoms with E-state index in [4.69, 9.17) is 14.4 Å². The Balaban J connectivity index is 1.34. The Hall–Kier alpha value is -5.68.